The number of H-pyrrole nitrogens is 1. The van der Waals surface area contributed by atoms with Crippen molar-refractivity contribution >= 4 is 5.91 Å². The summed E-state index contributed by atoms with van der Waals surface area (Å²) in [5, 5.41) is 4.49. The van der Waals surface area contributed by atoms with Crippen LogP contribution in [0.3, 0.4) is 0 Å². The van der Waals surface area contributed by atoms with Crippen LogP contribution in [-0.4, -0.2) is 43.6 Å². The van der Waals surface area contributed by atoms with Crippen molar-refractivity contribution in [3.8, 4) is 0 Å². The summed E-state index contributed by atoms with van der Waals surface area (Å²) in [4.78, 5) is 21.9. The van der Waals surface area contributed by atoms with Gasteiger partial charge in [0.05, 0.1) is 23.5 Å². The van der Waals surface area contributed by atoms with E-state index in [1.807, 2.05) is 42.6 Å². The molecule has 0 atom stereocenters. The third kappa shape index (κ3) is 2.65. The van der Waals surface area contributed by atoms with Gasteiger partial charge < -0.3 is 9.88 Å². The highest BCUT2D eigenvalue weighted by molar-refractivity contribution is 5.86. The summed E-state index contributed by atoms with van der Waals surface area (Å²) in [7, 11) is 0. The van der Waals surface area contributed by atoms with Crippen LogP contribution in [0.5, 0.6) is 0 Å². The normalized spacial score (nSPS) is 17.0. The van der Waals surface area contributed by atoms with Crippen LogP contribution in [0, 0.1) is 6.92 Å². The molecule has 0 radical (unpaired) electrons. The number of amides is 1. The summed E-state index contributed by atoms with van der Waals surface area (Å²) in [6.07, 6.45) is 7.29. The Hall–Kier alpha value is -2.11. The fourth-order valence-electron chi connectivity index (χ4n) is 3.08. The number of nitrogens with one attached hydrogen (secondary N) is 1. The van der Waals surface area contributed by atoms with Crippen LogP contribution in [0.4, 0.5) is 0 Å². The van der Waals surface area contributed by atoms with E-state index in [1.54, 1.807) is 12.5 Å². The number of nitrogens with zero attached hydrogens (tertiary/aromatic N) is 4. The lowest BCUT2D eigenvalue weighted by Crippen LogP contribution is -2.47. The van der Waals surface area contributed by atoms with Gasteiger partial charge in [-0.1, -0.05) is 0 Å². The number of piperidine rings is 1. The van der Waals surface area contributed by atoms with E-state index in [0.717, 1.165) is 37.3 Å². The monoisotopic (exact) mass is 301 g/mol. The highest BCUT2D eigenvalue weighted by atomic mass is 16.2. The highest BCUT2D eigenvalue weighted by Crippen LogP contribution is 2.28. The number of rotatable bonds is 3. The third-order valence-corrected chi connectivity index (χ3v) is 4.57. The first-order valence-electron chi connectivity index (χ1n) is 7.78. The summed E-state index contributed by atoms with van der Waals surface area (Å²) in [5.74, 6) is 0.159. The quantitative estimate of drug-likeness (QED) is 0.943. The van der Waals surface area contributed by atoms with Crippen LogP contribution in [0.15, 0.2) is 24.8 Å². The molecule has 3 rings (SSSR count). The maximum Gasteiger partial charge on any atom is 0.234 e. The van der Waals surface area contributed by atoms with Gasteiger partial charge in [-0.15, -0.1) is 0 Å². The molecule has 1 amide bonds. The Kier molecular flexibility index (Phi) is 3.76. The Labute approximate surface area is 130 Å². The summed E-state index contributed by atoms with van der Waals surface area (Å²) in [5.41, 5.74) is 1.34. The Morgan fingerprint density at radius 2 is 2.09 bits per heavy atom. The van der Waals surface area contributed by atoms with Crippen molar-refractivity contribution in [3.63, 3.8) is 0 Å². The number of carbonyl (C=O) groups excluding carboxylic acids is 1. The second kappa shape index (κ2) is 5.59. The van der Waals surface area contributed by atoms with Crippen molar-refractivity contribution in [2.45, 2.75) is 45.1 Å². The predicted octanol–water partition coefficient (Wildman–Crippen LogP) is 2.06. The lowest BCUT2D eigenvalue weighted by atomic mass is 9.87. The van der Waals surface area contributed by atoms with Crippen LogP contribution in [0.1, 0.15) is 44.1 Å². The third-order valence-electron chi connectivity index (χ3n) is 4.57. The number of hydrogen-bond acceptors (Lipinski definition) is 3. The zero-order valence-electron chi connectivity index (χ0n) is 13.4. The lowest BCUT2D eigenvalue weighted by Gasteiger charge is -2.36. The molecule has 6 nitrogen and oxygen atoms in total. The predicted molar refractivity (Wildman–Crippen MR) is 83.4 cm³/mol. The molecule has 6 heteroatoms. The van der Waals surface area contributed by atoms with Gasteiger partial charge in [-0.05, 0) is 39.7 Å². The molecule has 0 aliphatic carbocycles. The summed E-state index contributed by atoms with van der Waals surface area (Å²) in [6.45, 7) is 7.46. The topological polar surface area (TPSA) is 66.8 Å². The molecule has 2 aromatic rings. The van der Waals surface area contributed by atoms with Gasteiger partial charge >= 0.3 is 0 Å². The van der Waals surface area contributed by atoms with Crippen molar-refractivity contribution in [1.82, 2.24) is 24.6 Å². The van der Waals surface area contributed by atoms with E-state index in [1.165, 1.54) is 0 Å². The molecule has 0 aromatic carbocycles. The molecule has 1 fully saturated rings. The second-order valence-electron chi connectivity index (χ2n) is 6.55. The van der Waals surface area contributed by atoms with Gasteiger partial charge in [0.2, 0.25) is 5.91 Å². The van der Waals surface area contributed by atoms with E-state index in [-0.39, 0.29) is 5.91 Å². The minimum atomic E-state index is -0.564. The van der Waals surface area contributed by atoms with Crippen molar-refractivity contribution in [2.75, 3.05) is 13.1 Å². The second-order valence-corrected chi connectivity index (χ2v) is 6.55. The first-order valence-corrected chi connectivity index (χ1v) is 7.78. The van der Waals surface area contributed by atoms with Crippen molar-refractivity contribution in [1.29, 1.82) is 0 Å². The van der Waals surface area contributed by atoms with E-state index in [4.69, 9.17) is 0 Å². The molecule has 0 unspecified atom stereocenters. The number of aryl methyl sites for hydroxylation is 1. The first-order chi connectivity index (χ1) is 10.5. The van der Waals surface area contributed by atoms with Gasteiger partial charge in [0.25, 0.3) is 0 Å². The van der Waals surface area contributed by atoms with Gasteiger partial charge in [0.15, 0.2) is 0 Å². The zero-order valence-corrected chi connectivity index (χ0v) is 13.4. The molecule has 3 heterocycles. The number of carbonyl (C=O) groups is 1. The average Bonchev–Trinajstić information content (AvgIpc) is 3.18. The molecule has 1 N–H and O–H groups in total. The molecule has 2 aromatic heterocycles. The first kappa shape index (κ1) is 14.8. The average molecular weight is 301 g/mol. The van der Waals surface area contributed by atoms with Crippen LogP contribution >= 0.6 is 0 Å². The van der Waals surface area contributed by atoms with Crippen LogP contribution in [-0.2, 0) is 10.2 Å². The Bertz CT molecular complexity index is 635. The Morgan fingerprint density at radius 1 is 1.36 bits per heavy atom. The number of aromatic nitrogens is 4. The zero-order chi connectivity index (χ0) is 15.7. The maximum absolute atomic E-state index is 12.8. The molecule has 1 aliphatic rings. The maximum atomic E-state index is 12.8. The summed E-state index contributed by atoms with van der Waals surface area (Å²) in [6, 6.07) is 2.42. The number of hydrogen-bond donors (Lipinski definition) is 1. The molecule has 1 saturated heterocycles. The fraction of sp³-hybridized carbons (Fsp3) is 0.562. The largest absolute Gasteiger partial charge is 0.348 e. The summed E-state index contributed by atoms with van der Waals surface area (Å²) >= 11 is 0. The Balaban J connectivity index is 1.65. The molecule has 0 spiro atoms. The highest BCUT2D eigenvalue weighted by Gasteiger charge is 2.36. The number of likely N-dealkylation sites (tertiary alicyclic amines) is 1. The molecule has 1 aliphatic heterocycles. The number of imidazole rings is 1. The standard InChI is InChI=1S/C16H23N5O/c1-12-4-9-21(19-12)13-5-7-20(8-6-13)15(22)16(2,3)14-10-17-11-18-14/h4,9-11,13H,5-8H2,1-3H3,(H,17,18). The van der Waals surface area contributed by atoms with E-state index < -0.39 is 5.41 Å². The van der Waals surface area contributed by atoms with Gasteiger partial charge in [0, 0.05) is 31.2 Å². The van der Waals surface area contributed by atoms with Crippen LogP contribution in [0.2, 0.25) is 0 Å². The summed E-state index contributed by atoms with van der Waals surface area (Å²) < 4.78 is 2.04. The number of aromatic amines is 1. The molecule has 0 saturated carbocycles. The van der Waals surface area contributed by atoms with Crippen molar-refractivity contribution in [2.24, 2.45) is 0 Å². The van der Waals surface area contributed by atoms with Crippen molar-refractivity contribution in [3.05, 3.63) is 36.2 Å². The van der Waals surface area contributed by atoms with E-state index in [0.29, 0.717) is 6.04 Å². The molecule has 118 valence electrons. The minimum absolute atomic E-state index is 0.159. The fourth-order valence-corrected chi connectivity index (χ4v) is 3.08. The minimum Gasteiger partial charge on any atom is -0.348 e. The van der Waals surface area contributed by atoms with Crippen LogP contribution < -0.4 is 0 Å². The van der Waals surface area contributed by atoms with E-state index in [2.05, 4.69) is 15.1 Å². The molecular formula is C16H23N5O. The smallest absolute Gasteiger partial charge is 0.234 e. The van der Waals surface area contributed by atoms with Gasteiger partial charge in [-0.25, -0.2) is 4.98 Å². The molecule has 0 bridgehead atoms. The van der Waals surface area contributed by atoms with Gasteiger partial charge in [0.1, 0.15) is 0 Å². The van der Waals surface area contributed by atoms with Crippen molar-refractivity contribution < 1.29 is 4.79 Å². The lowest BCUT2D eigenvalue weighted by molar-refractivity contribution is -0.137. The van der Waals surface area contributed by atoms with Crippen LogP contribution in [0.25, 0.3) is 0 Å². The SMILES string of the molecule is Cc1ccn(C2CCN(C(=O)C(C)(C)c3cnc[nH]3)CC2)n1. The Morgan fingerprint density at radius 3 is 2.64 bits per heavy atom. The van der Waals surface area contributed by atoms with E-state index >= 15 is 0 Å². The van der Waals surface area contributed by atoms with E-state index in [9.17, 15) is 4.79 Å². The van der Waals surface area contributed by atoms with Gasteiger partial charge in [-0.3, -0.25) is 9.48 Å². The molecular weight excluding hydrogens is 278 g/mol. The molecule has 22 heavy (non-hydrogen) atoms. The van der Waals surface area contributed by atoms with Gasteiger partial charge in [-0.2, -0.15) is 5.10 Å².